The van der Waals surface area contributed by atoms with E-state index in [1.807, 2.05) is 36.0 Å². The van der Waals surface area contributed by atoms with Crippen molar-refractivity contribution in [2.24, 2.45) is 11.3 Å². The van der Waals surface area contributed by atoms with Crippen molar-refractivity contribution in [2.45, 2.75) is 52.0 Å². The number of likely N-dealkylation sites (N-methyl/N-ethyl adjacent to an activating group) is 1. The van der Waals surface area contributed by atoms with Gasteiger partial charge in [0.15, 0.2) is 5.82 Å². The molecule has 1 atom stereocenters. The fourth-order valence-electron chi connectivity index (χ4n) is 5.08. The van der Waals surface area contributed by atoms with Gasteiger partial charge in [-0.1, -0.05) is 19.9 Å². The van der Waals surface area contributed by atoms with Gasteiger partial charge in [-0.15, -0.1) is 0 Å². The number of dihydropyridines is 1. The molecule has 1 saturated heterocycles. The highest BCUT2D eigenvalue weighted by Crippen LogP contribution is 2.37. The number of amides is 2. The van der Waals surface area contributed by atoms with Crippen molar-refractivity contribution in [2.75, 3.05) is 33.7 Å². The van der Waals surface area contributed by atoms with E-state index in [9.17, 15) is 9.59 Å². The number of H-pyrrole nitrogens is 1. The summed E-state index contributed by atoms with van der Waals surface area (Å²) in [4.78, 5) is 36.0. The van der Waals surface area contributed by atoms with Gasteiger partial charge in [-0.05, 0) is 69.3 Å². The first-order valence-corrected chi connectivity index (χ1v) is 12.7. The van der Waals surface area contributed by atoms with Gasteiger partial charge in [0.2, 0.25) is 5.91 Å². The van der Waals surface area contributed by atoms with Crippen LogP contribution in [0.4, 0.5) is 0 Å². The van der Waals surface area contributed by atoms with Crippen LogP contribution in [0.2, 0.25) is 0 Å². The fourth-order valence-corrected chi connectivity index (χ4v) is 5.08. The number of nitrogens with zero attached hydrogens (tertiary/aromatic N) is 4. The predicted molar refractivity (Wildman–Crippen MR) is 137 cm³/mol. The molecule has 4 rings (SSSR count). The number of likely N-dealkylation sites (tertiary alicyclic amines) is 1. The summed E-state index contributed by atoms with van der Waals surface area (Å²) in [7, 11) is 3.83. The molecule has 0 bridgehead atoms. The van der Waals surface area contributed by atoms with Crippen molar-refractivity contribution >= 4 is 11.8 Å². The molecule has 9 nitrogen and oxygen atoms in total. The Bertz CT molecular complexity index is 1130. The molecule has 3 aliphatic rings. The normalized spacial score (nSPS) is 22.2. The summed E-state index contributed by atoms with van der Waals surface area (Å²) in [6.45, 7) is 6.52. The second-order valence-electron chi connectivity index (χ2n) is 11.1. The molecule has 2 amide bonds. The Morgan fingerprint density at radius 2 is 2.03 bits per heavy atom. The van der Waals surface area contributed by atoms with E-state index in [0.717, 1.165) is 56.6 Å². The maximum atomic E-state index is 12.9. The molecule has 1 unspecified atom stereocenters. The summed E-state index contributed by atoms with van der Waals surface area (Å²) in [5, 5.41) is 15.8. The molecule has 0 spiro atoms. The van der Waals surface area contributed by atoms with Crippen LogP contribution in [0.15, 0.2) is 41.4 Å². The van der Waals surface area contributed by atoms with Crippen molar-refractivity contribution in [3.8, 4) is 6.07 Å². The number of aromatic amines is 1. The molecule has 3 N–H and O–H groups in total. The van der Waals surface area contributed by atoms with Crippen LogP contribution >= 0.6 is 0 Å². The van der Waals surface area contributed by atoms with E-state index in [1.165, 1.54) is 11.8 Å². The van der Waals surface area contributed by atoms with Crippen LogP contribution in [0.1, 0.15) is 62.3 Å². The van der Waals surface area contributed by atoms with E-state index in [4.69, 9.17) is 5.26 Å². The van der Waals surface area contributed by atoms with Gasteiger partial charge in [0, 0.05) is 30.4 Å². The third kappa shape index (κ3) is 6.05. The van der Waals surface area contributed by atoms with E-state index >= 15 is 0 Å². The van der Waals surface area contributed by atoms with Crippen molar-refractivity contribution in [1.29, 1.82) is 5.26 Å². The van der Waals surface area contributed by atoms with Gasteiger partial charge in [-0.3, -0.25) is 9.59 Å². The number of aromatic nitrogens is 2. The minimum Gasteiger partial charge on any atom is -0.376 e. The average Bonchev–Trinajstić information content (AvgIpc) is 3.34. The Morgan fingerprint density at radius 3 is 2.64 bits per heavy atom. The Balaban J connectivity index is 1.50. The molecule has 0 aromatic carbocycles. The summed E-state index contributed by atoms with van der Waals surface area (Å²) in [5.41, 5.74) is 3.75. The van der Waals surface area contributed by atoms with Crippen molar-refractivity contribution < 1.29 is 9.59 Å². The zero-order chi connectivity index (χ0) is 25.9. The fraction of sp³-hybridized carbons (Fsp3) is 0.556. The van der Waals surface area contributed by atoms with Crippen LogP contribution in [-0.4, -0.2) is 71.4 Å². The zero-order valence-electron chi connectivity index (χ0n) is 21.7. The third-order valence-electron chi connectivity index (χ3n) is 7.35. The molecular weight excluding hydrogens is 454 g/mol. The number of nitriles is 1. The molecule has 2 aliphatic heterocycles. The number of imidazole rings is 1. The van der Waals surface area contributed by atoms with Crippen molar-refractivity contribution in [3.63, 3.8) is 0 Å². The molecule has 1 aliphatic carbocycles. The van der Waals surface area contributed by atoms with E-state index in [0.29, 0.717) is 12.5 Å². The van der Waals surface area contributed by atoms with Gasteiger partial charge in [-0.2, -0.15) is 5.26 Å². The predicted octanol–water partition coefficient (Wildman–Crippen LogP) is 2.69. The number of carbonyl (C=O) groups excluding carboxylic acids is 2. The van der Waals surface area contributed by atoms with Crippen LogP contribution in [-0.2, 0) is 4.79 Å². The number of hydrogen-bond donors (Lipinski definition) is 3. The number of rotatable bonds is 6. The molecule has 0 radical (unpaired) electrons. The van der Waals surface area contributed by atoms with E-state index in [2.05, 4.69) is 46.6 Å². The highest BCUT2D eigenvalue weighted by atomic mass is 16.2. The first kappa shape index (κ1) is 25.7. The number of nitrogens with one attached hydrogen (secondary N) is 3. The molecule has 0 saturated carbocycles. The van der Waals surface area contributed by atoms with Gasteiger partial charge >= 0.3 is 0 Å². The maximum absolute atomic E-state index is 12.9. The van der Waals surface area contributed by atoms with Gasteiger partial charge in [0.1, 0.15) is 11.8 Å². The second kappa shape index (κ2) is 10.7. The third-order valence-corrected chi connectivity index (χ3v) is 7.35. The van der Waals surface area contributed by atoms with Gasteiger partial charge in [0.25, 0.3) is 5.91 Å². The minimum atomic E-state index is -0.365. The van der Waals surface area contributed by atoms with Crippen molar-refractivity contribution in [1.82, 2.24) is 30.4 Å². The molecule has 1 fully saturated rings. The number of piperidine rings is 1. The lowest BCUT2D eigenvalue weighted by Gasteiger charge is -2.39. The lowest BCUT2D eigenvalue weighted by molar-refractivity contribution is -0.133. The molecule has 1 aromatic heterocycles. The van der Waals surface area contributed by atoms with Gasteiger partial charge in [0.05, 0.1) is 18.8 Å². The molecule has 3 heterocycles. The van der Waals surface area contributed by atoms with Crippen LogP contribution in [0.3, 0.4) is 0 Å². The molecule has 36 heavy (non-hydrogen) atoms. The summed E-state index contributed by atoms with van der Waals surface area (Å²) in [6, 6.07) is 1.84. The maximum Gasteiger partial charge on any atom is 0.291 e. The van der Waals surface area contributed by atoms with Crippen LogP contribution in [0, 0.1) is 22.7 Å². The standard InChI is InChI=1S/C27H37N7O2/c1-27(2)11-7-19(8-12-27)24-22(32-26(36)25-29-16-20(15-28)30-25)6-5-21(31-24)18-9-13-34(14-10-18)23(35)17-33(3)4/h5-7,16,18,24,31H,8-14,17H2,1-4H3,(H,29,30)(H,32,36). The molecular formula is C27H37N7O2. The largest absolute Gasteiger partial charge is 0.376 e. The van der Waals surface area contributed by atoms with Crippen LogP contribution in [0.5, 0.6) is 0 Å². The van der Waals surface area contributed by atoms with E-state index in [-0.39, 0.29) is 34.8 Å². The number of allylic oxidation sites excluding steroid dienone is 4. The second-order valence-corrected chi connectivity index (χ2v) is 11.1. The topological polar surface area (TPSA) is 117 Å². The Labute approximate surface area is 213 Å². The quantitative estimate of drug-likeness (QED) is 0.527. The lowest BCUT2D eigenvalue weighted by atomic mass is 9.76. The molecule has 192 valence electrons. The monoisotopic (exact) mass is 491 g/mol. The summed E-state index contributed by atoms with van der Waals surface area (Å²) in [5.74, 6) is 0.276. The first-order chi connectivity index (χ1) is 17.1. The number of hydrogen-bond acceptors (Lipinski definition) is 6. The Hall–Kier alpha value is -3.38. The smallest absolute Gasteiger partial charge is 0.291 e. The van der Waals surface area contributed by atoms with Crippen LogP contribution in [0.25, 0.3) is 0 Å². The summed E-state index contributed by atoms with van der Waals surface area (Å²) >= 11 is 0. The summed E-state index contributed by atoms with van der Waals surface area (Å²) < 4.78 is 0. The SMILES string of the molecule is CN(C)CC(=O)N1CCC(C2=CC=C(NC(=O)c3ncc(C#N)[nH]3)C(C3=CCC(C)(C)CC3)N2)CC1. The van der Waals surface area contributed by atoms with E-state index < -0.39 is 0 Å². The van der Waals surface area contributed by atoms with Crippen molar-refractivity contribution in [3.05, 3.63) is 52.9 Å². The highest BCUT2D eigenvalue weighted by molar-refractivity contribution is 5.92. The van der Waals surface area contributed by atoms with E-state index in [1.54, 1.807) is 0 Å². The Kier molecular flexibility index (Phi) is 7.65. The summed E-state index contributed by atoms with van der Waals surface area (Å²) in [6.07, 6.45) is 12.6. The lowest BCUT2D eigenvalue weighted by Crippen LogP contribution is -2.47. The highest BCUT2D eigenvalue weighted by Gasteiger charge is 2.32. The minimum absolute atomic E-state index is 0.120. The van der Waals surface area contributed by atoms with Crippen LogP contribution < -0.4 is 10.6 Å². The first-order valence-electron chi connectivity index (χ1n) is 12.7. The van der Waals surface area contributed by atoms with Gasteiger partial charge < -0.3 is 25.4 Å². The van der Waals surface area contributed by atoms with Gasteiger partial charge in [-0.25, -0.2) is 4.98 Å². The number of carbonyl (C=O) groups is 2. The zero-order valence-corrected chi connectivity index (χ0v) is 21.7. The molecule has 1 aromatic rings. The molecule has 9 heteroatoms. The Morgan fingerprint density at radius 1 is 1.28 bits per heavy atom. The average molecular weight is 492 g/mol.